The van der Waals surface area contributed by atoms with Gasteiger partial charge in [0, 0.05) is 11.4 Å². The largest absolute Gasteiger partial charge is 0.495 e. The Morgan fingerprint density at radius 3 is 2.28 bits per heavy atom. The topological polar surface area (TPSA) is 123 Å². The van der Waals surface area contributed by atoms with Gasteiger partial charge >= 0.3 is 0 Å². The van der Waals surface area contributed by atoms with Crippen molar-refractivity contribution in [2.45, 2.75) is 20.8 Å². The van der Waals surface area contributed by atoms with E-state index in [1.807, 2.05) is 32.0 Å². The molecular formula is C31H30ClN3O7S. The molecule has 1 aliphatic rings. The van der Waals surface area contributed by atoms with Crippen molar-refractivity contribution in [3.8, 4) is 17.2 Å². The van der Waals surface area contributed by atoms with Crippen LogP contribution in [0.25, 0.3) is 6.08 Å². The van der Waals surface area contributed by atoms with E-state index in [1.165, 1.54) is 19.3 Å². The fourth-order valence-electron chi connectivity index (χ4n) is 4.04. The molecule has 3 aromatic carbocycles. The van der Waals surface area contributed by atoms with Crippen LogP contribution >= 0.6 is 23.4 Å². The van der Waals surface area contributed by atoms with E-state index in [2.05, 4.69) is 10.6 Å². The van der Waals surface area contributed by atoms with Crippen molar-refractivity contribution in [3.05, 3.63) is 81.2 Å². The Bertz CT molecular complexity index is 1610. The monoisotopic (exact) mass is 623 g/mol. The lowest BCUT2D eigenvalue weighted by Crippen LogP contribution is -2.36. The summed E-state index contributed by atoms with van der Waals surface area (Å²) >= 11 is 6.82. The highest BCUT2D eigenvalue weighted by Gasteiger charge is 2.36. The SMILES string of the molecule is CCOc1cc(/C=C2/SC(=O)N(CC(=O)Nc3ccc(OC)c(Cl)c3)C2=O)ccc1OCC(=O)Nc1ccc(C)c(C)c1. The van der Waals surface area contributed by atoms with E-state index in [1.54, 1.807) is 37.3 Å². The van der Waals surface area contributed by atoms with Crippen LogP contribution < -0.4 is 24.8 Å². The summed E-state index contributed by atoms with van der Waals surface area (Å²) in [6, 6.07) is 15.3. The Kier molecular flexibility index (Phi) is 10.3. The molecule has 1 heterocycles. The zero-order valence-electron chi connectivity index (χ0n) is 24.0. The highest BCUT2D eigenvalue weighted by molar-refractivity contribution is 8.18. The van der Waals surface area contributed by atoms with Gasteiger partial charge in [0.1, 0.15) is 12.3 Å². The van der Waals surface area contributed by atoms with Crippen molar-refractivity contribution in [2.75, 3.05) is 37.5 Å². The average molecular weight is 624 g/mol. The van der Waals surface area contributed by atoms with Crippen LogP contribution in [0.4, 0.5) is 16.2 Å². The summed E-state index contributed by atoms with van der Waals surface area (Å²) < 4.78 is 16.5. The van der Waals surface area contributed by atoms with Gasteiger partial charge in [0.2, 0.25) is 5.91 Å². The lowest BCUT2D eigenvalue weighted by molar-refractivity contribution is -0.127. The Morgan fingerprint density at radius 2 is 1.58 bits per heavy atom. The molecule has 0 bridgehead atoms. The molecule has 10 nitrogen and oxygen atoms in total. The predicted octanol–water partition coefficient (Wildman–Crippen LogP) is 6.06. The Labute approximate surface area is 258 Å². The number of methoxy groups -OCH3 is 1. The van der Waals surface area contributed by atoms with Crippen LogP contribution in [0.15, 0.2) is 59.5 Å². The Balaban J connectivity index is 1.39. The first kappa shape index (κ1) is 31.5. The molecular weight excluding hydrogens is 594 g/mol. The summed E-state index contributed by atoms with van der Waals surface area (Å²) in [5.41, 5.74) is 3.83. The quantitative estimate of drug-likeness (QED) is 0.247. The number of nitrogens with one attached hydrogen (secondary N) is 2. The van der Waals surface area contributed by atoms with Crippen molar-refractivity contribution in [1.29, 1.82) is 0 Å². The molecule has 3 aromatic rings. The second kappa shape index (κ2) is 14.1. The zero-order chi connectivity index (χ0) is 31.1. The number of thioether (sulfide) groups is 1. The maximum absolute atomic E-state index is 13.0. The lowest BCUT2D eigenvalue weighted by Gasteiger charge is -2.14. The minimum absolute atomic E-state index is 0.147. The number of anilines is 2. The molecule has 0 aromatic heterocycles. The number of aryl methyl sites for hydroxylation is 2. The molecule has 4 rings (SSSR count). The Morgan fingerprint density at radius 1 is 0.884 bits per heavy atom. The highest BCUT2D eigenvalue weighted by atomic mass is 35.5. The van der Waals surface area contributed by atoms with Gasteiger partial charge in [0.25, 0.3) is 17.1 Å². The molecule has 224 valence electrons. The number of benzene rings is 3. The summed E-state index contributed by atoms with van der Waals surface area (Å²) in [6.07, 6.45) is 1.53. The summed E-state index contributed by atoms with van der Waals surface area (Å²) in [6.45, 7) is 5.39. The van der Waals surface area contributed by atoms with E-state index in [0.717, 1.165) is 27.8 Å². The average Bonchev–Trinajstić information content (AvgIpc) is 3.22. The minimum atomic E-state index is -0.598. The van der Waals surface area contributed by atoms with E-state index in [0.29, 0.717) is 45.8 Å². The first-order valence-corrected chi connectivity index (χ1v) is 14.4. The number of hydrogen-bond donors (Lipinski definition) is 2. The van der Waals surface area contributed by atoms with Crippen LogP contribution in [-0.4, -0.2) is 54.7 Å². The third-order valence-electron chi connectivity index (χ3n) is 6.33. The summed E-state index contributed by atoms with van der Waals surface area (Å²) in [5.74, 6) is -0.334. The maximum atomic E-state index is 13.0. The number of amides is 4. The number of carbonyl (C=O) groups excluding carboxylic acids is 4. The fraction of sp³-hybridized carbons (Fsp3) is 0.226. The minimum Gasteiger partial charge on any atom is -0.495 e. The van der Waals surface area contributed by atoms with E-state index < -0.39 is 23.6 Å². The number of carbonyl (C=O) groups is 4. The molecule has 2 N–H and O–H groups in total. The van der Waals surface area contributed by atoms with Crippen LogP contribution in [-0.2, 0) is 14.4 Å². The highest BCUT2D eigenvalue weighted by Crippen LogP contribution is 2.35. The van der Waals surface area contributed by atoms with Gasteiger partial charge in [-0.25, -0.2) is 0 Å². The molecule has 0 aliphatic carbocycles. The molecule has 0 radical (unpaired) electrons. The summed E-state index contributed by atoms with van der Waals surface area (Å²) in [7, 11) is 1.47. The number of rotatable bonds is 11. The molecule has 1 saturated heterocycles. The van der Waals surface area contributed by atoms with E-state index in [-0.39, 0.29) is 17.4 Å². The van der Waals surface area contributed by atoms with Gasteiger partial charge in [-0.15, -0.1) is 0 Å². The first-order chi connectivity index (χ1) is 20.6. The van der Waals surface area contributed by atoms with Gasteiger partial charge in [-0.3, -0.25) is 24.1 Å². The van der Waals surface area contributed by atoms with Gasteiger partial charge in [-0.05, 0) is 97.8 Å². The van der Waals surface area contributed by atoms with E-state index in [9.17, 15) is 19.2 Å². The van der Waals surface area contributed by atoms with Crippen LogP contribution in [0.1, 0.15) is 23.6 Å². The van der Waals surface area contributed by atoms with Crippen molar-refractivity contribution in [2.24, 2.45) is 0 Å². The van der Waals surface area contributed by atoms with Gasteiger partial charge in [0.05, 0.1) is 23.6 Å². The maximum Gasteiger partial charge on any atom is 0.294 e. The smallest absolute Gasteiger partial charge is 0.294 e. The predicted molar refractivity (Wildman–Crippen MR) is 167 cm³/mol. The van der Waals surface area contributed by atoms with Crippen LogP contribution in [0.3, 0.4) is 0 Å². The molecule has 0 saturated carbocycles. The first-order valence-electron chi connectivity index (χ1n) is 13.2. The second-order valence-electron chi connectivity index (χ2n) is 9.44. The summed E-state index contributed by atoms with van der Waals surface area (Å²) in [5, 5.41) is 5.16. The molecule has 4 amide bonds. The zero-order valence-corrected chi connectivity index (χ0v) is 25.6. The number of ether oxygens (including phenoxy) is 3. The number of imide groups is 1. The molecule has 43 heavy (non-hydrogen) atoms. The molecule has 0 atom stereocenters. The van der Waals surface area contributed by atoms with Crippen LogP contribution in [0.5, 0.6) is 17.2 Å². The van der Waals surface area contributed by atoms with Gasteiger partial charge in [0.15, 0.2) is 18.1 Å². The van der Waals surface area contributed by atoms with Crippen LogP contribution in [0.2, 0.25) is 5.02 Å². The van der Waals surface area contributed by atoms with Crippen molar-refractivity contribution < 1.29 is 33.4 Å². The van der Waals surface area contributed by atoms with E-state index in [4.69, 9.17) is 25.8 Å². The normalized spacial score (nSPS) is 13.7. The van der Waals surface area contributed by atoms with E-state index >= 15 is 0 Å². The second-order valence-corrected chi connectivity index (χ2v) is 10.8. The van der Waals surface area contributed by atoms with Crippen molar-refractivity contribution in [3.63, 3.8) is 0 Å². The lowest BCUT2D eigenvalue weighted by atomic mass is 10.1. The van der Waals surface area contributed by atoms with Crippen molar-refractivity contribution >= 4 is 63.8 Å². The number of halogens is 1. The fourth-order valence-corrected chi connectivity index (χ4v) is 5.13. The number of nitrogens with zero attached hydrogens (tertiary/aromatic N) is 1. The van der Waals surface area contributed by atoms with Gasteiger partial charge < -0.3 is 24.8 Å². The van der Waals surface area contributed by atoms with Gasteiger partial charge in [-0.2, -0.15) is 0 Å². The molecule has 0 unspecified atom stereocenters. The third-order valence-corrected chi connectivity index (χ3v) is 7.53. The molecule has 1 fully saturated rings. The third kappa shape index (κ3) is 8.08. The van der Waals surface area contributed by atoms with Crippen molar-refractivity contribution in [1.82, 2.24) is 4.90 Å². The molecule has 1 aliphatic heterocycles. The Hall–Kier alpha value is -4.48. The van der Waals surface area contributed by atoms with Crippen LogP contribution in [0, 0.1) is 13.8 Å². The van der Waals surface area contributed by atoms with Gasteiger partial charge in [-0.1, -0.05) is 23.7 Å². The molecule has 0 spiro atoms. The summed E-state index contributed by atoms with van der Waals surface area (Å²) in [4.78, 5) is 51.6. The number of hydrogen-bond acceptors (Lipinski definition) is 8. The standard InChI is InChI=1S/C31H30ClN3O7S/c1-5-41-26-13-20(7-10-25(26)42-17-29(37)34-21-8-6-18(2)19(3)12-21)14-27-30(38)35(31(39)43-27)16-28(36)33-22-9-11-24(40-4)23(32)15-22/h6-15H,5,16-17H2,1-4H3,(H,33,36)(H,34,37)/b27-14+. The molecule has 12 heteroatoms.